The van der Waals surface area contributed by atoms with Crippen molar-refractivity contribution in [1.82, 2.24) is 16.0 Å². The second-order valence-electron chi connectivity index (χ2n) is 8.03. The van der Waals surface area contributed by atoms with Crippen molar-refractivity contribution in [2.24, 2.45) is 17.4 Å². The molecule has 14 nitrogen and oxygen atoms in total. The first kappa shape index (κ1) is 29.7. The van der Waals surface area contributed by atoms with E-state index in [2.05, 4.69) is 16.0 Å². The van der Waals surface area contributed by atoms with Gasteiger partial charge in [-0.05, 0) is 25.7 Å². The van der Waals surface area contributed by atoms with Crippen molar-refractivity contribution in [3.63, 3.8) is 0 Å². The molecule has 14 heteroatoms. The van der Waals surface area contributed by atoms with Gasteiger partial charge < -0.3 is 42.7 Å². The number of carbonyl (C=O) groups is 6. The molecule has 0 aromatic carbocycles. The van der Waals surface area contributed by atoms with E-state index in [9.17, 15) is 39.0 Å². The lowest BCUT2D eigenvalue weighted by Gasteiger charge is -2.26. The Morgan fingerprint density at radius 1 is 0.848 bits per heavy atom. The van der Waals surface area contributed by atoms with Crippen LogP contribution in [-0.2, 0) is 28.8 Å². The average Bonchev–Trinajstić information content (AvgIpc) is 2.67. The number of aliphatic hydroxyl groups excluding tert-OH is 1. The number of nitrogens with one attached hydrogen (secondary N) is 3. The Kier molecular flexibility index (Phi) is 12.6. The number of rotatable bonds is 15. The molecule has 0 radical (unpaired) electrons. The zero-order valence-electron chi connectivity index (χ0n) is 18.7. The summed E-state index contributed by atoms with van der Waals surface area (Å²) < 4.78 is 0. The molecule has 0 aliphatic heterocycles. The number of carboxylic acid groups (broad SMARTS) is 2. The molecule has 5 unspecified atom stereocenters. The standard InChI is InChI=1S/C19H33N5O9/c1-8(2)6-12(19(32)33)23-17(30)11(7-13(21)26)22-18(31)15(9(3)25)24-16(29)10(20)4-5-14(27)28/h8-12,15,25H,4-7,20H2,1-3H3,(H2,21,26)(H,22,31)(H,23,30)(H,24,29)(H,27,28)(H,32,33). The Labute approximate surface area is 190 Å². The Morgan fingerprint density at radius 3 is 1.82 bits per heavy atom. The van der Waals surface area contributed by atoms with E-state index in [4.69, 9.17) is 16.6 Å². The number of hydrogen-bond donors (Lipinski definition) is 8. The minimum Gasteiger partial charge on any atom is -0.481 e. The van der Waals surface area contributed by atoms with E-state index in [1.54, 1.807) is 13.8 Å². The van der Waals surface area contributed by atoms with E-state index in [-0.39, 0.29) is 18.8 Å². The van der Waals surface area contributed by atoms with Crippen LogP contribution in [0.3, 0.4) is 0 Å². The van der Waals surface area contributed by atoms with Gasteiger partial charge in [-0.3, -0.25) is 24.0 Å². The van der Waals surface area contributed by atoms with Crippen LogP contribution >= 0.6 is 0 Å². The largest absolute Gasteiger partial charge is 0.481 e. The highest BCUT2D eigenvalue weighted by molar-refractivity contribution is 5.96. The highest BCUT2D eigenvalue weighted by Crippen LogP contribution is 2.07. The van der Waals surface area contributed by atoms with Crippen molar-refractivity contribution in [1.29, 1.82) is 0 Å². The fraction of sp³-hybridized carbons (Fsp3) is 0.684. The molecule has 0 heterocycles. The maximum Gasteiger partial charge on any atom is 0.326 e. The number of carbonyl (C=O) groups excluding carboxylic acids is 4. The number of aliphatic hydroxyl groups is 1. The molecule has 0 aliphatic carbocycles. The number of aliphatic carboxylic acids is 2. The molecule has 0 saturated carbocycles. The van der Waals surface area contributed by atoms with Crippen LogP contribution in [0.4, 0.5) is 0 Å². The maximum atomic E-state index is 12.6. The quantitative estimate of drug-likeness (QED) is 0.119. The lowest BCUT2D eigenvalue weighted by molar-refractivity contribution is -0.143. The maximum absolute atomic E-state index is 12.6. The molecule has 10 N–H and O–H groups in total. The van der Waals surface area contributed by atoms with Gasteiger partial charge in [0.25, 0.3) is 0 Å². The van der Waals surface area contributed by atoms with Crippen LogP contribution in [0.1, 0.15) is 46.5 Å². The van der Waals surface area contributed by atoms with Crippen LogP contribution in [0.2, 0.25) is 0 Å². The van der Waals surface area contributed by atoms with Crippen molar-refractivity contribution < 1.29 is 44.1 Å². The molecule has 0 saturated heterocycles. The topological polar surface area (TPSA) is 251 Å². The summed E-state index contributed by atoms with van der Waals surface area (Å²) in [4.78, 5) is 70.7. The van der Waals surface area contributed by atoms with Gasteiger partial charge in [0.1, 0.15) is 18.1 Å². The van der Waals surface area contributed by atoms with Gasteiger partial charge in [0.05, 0.1) is 18.6 Å². The summed E-state index contributed by atoms with van der Waals surface area (Å²) in [6, 6.07) is -5.76. The summed E-state index contributed by atoms with van der Waals surface area (Å²) >= 11 is 0. The molecular formula is C19H33N5O9. The second-order valence-corrected chi connectivity index (χ2v) is 8.03. The molecule has 188 valence electrons. The summed E-state index contributed by atoms with van der Waals surface area (Å²) in [5, 5.41) is 34.4. The van der Waals surface area contributed by atoms with Gasteiger partial charge in [0.2, 0.25) is 23.6 Å². The monoisotopic (exact) mass is 475 g/mol. The zero-order chi connectivity index (χ0) is 25.9. The minimum atomic E-state index is -1.61. The number of nitrogens with two attached hydrogens (primary N) is 2. The molecule has 5 atom stereocenters. The van der Waals surface area contributed by atoms with E-state index in [0.717, 1.165) is 0 Å². The molecule has 0 aromatic heterocycles. The van der Waals surface area contributed by atoms with Gasteiger partial charge in [-0.15, -0.1) is 0 Å². The van der Waals surface area contributed by atoms with E-state index < -0.39 is 78.7 Å². The Morgan fingerprint density at radius 2 is 1.39 bits per heavy atom. The molecule has 0 spiro atoms. The van der Waals surface area contributed by atoms with Gasteiger partial charge in [0.15, 0.2) is 0 Å². The third-order valence-electron chi connectivity index (χ3n) is 4.43. The minimum absolute atomic E-state index is 0.0822. The molecule has 0 aromatic rings. The van der Waals surface area contributed by atoms with Crippen molar-refractivity contribution in [2.45, 2.75) is 76.7 Å². The Bertz CT molecular complexity index is 741. The van der Waals surface area contributed by atoms with Gasteiger partial charge in [-0.25, -0.2) is 4.79 Å². The summed E-state index contributed by atoms with van der Waals surface area (Å²) in [5.41, 5.74) is 10.7. The summed E-state index contributed by atoms with van der Waals surface area (Å²) in [5.74, 6) is -6.54. The lowest BCUT2D eigenvalue weighted by Crippen LogP contribution is -2.60. The zero-order valence-corrected chi connectivity index (χ0v) is 18.7. The van der Waals surface area contributed by atoms with Crippen molar-refractivity contribution >= 4 is 35.6 Å². The van der Waals surface area contributed by atoms with E-state index in [1.165, 1.54) is 6.92 Å². The highest BCUT2D eigenvalue weighted by Gasteiger charge is 2.33. The van der Waals surface area contributed by atoms with E-state index in [1.807, 2.05) is 0 Å². The second kappa shape index (κ2) is 14.0. The SMILES string of the molecule is CC(C)CC(NC(=O)C(CC(N)=O)NC(=O)C(NC(=O)C(N)CCC(=O)O)C(C)O)C(=O)O. The van der Waals surface area contributed by atoms with Crippen LogP contribution in [0.25, 0.3) is 0 Å². The van der Waals surface area contributed by atoms with Crippen LogP contribution in [-0.4, -0.2) is 81.2 Å². The molecule has 4 amide bonds. The normalized spacial score (nSPS) is 15.5. The molecular weight excluding hydrogens is 442 g/mol. The van der Waals surface area contributed by atoms with Gasteiger partial charge >= 0.3 is 11.9 Å². The van der Waals surface area contributed by atoms with Crippen LogP contribution in [0, 0.1) is 5.92 Å². The first-order chi connectivity index (χ1) is 15.1. The predicted molar refractivity (Wildman–Crippen MR) is 113 cm³/mol. The fourth-order valence-corrected chi connectivity index (χ4v) is 2.71. The van der Waals surface area contributed by atoms with Crippen LogP contribution < -0.4 is 27.4 Å². The van der Waals surface area contributed by atoms with E-state index in [0.29, 0.717) is 0 Å². The van der Waals surface area contributed by atoms with E-state index >= 15 is 0 Å². The number of primary amides is 1. The summed E-state index contributed by atoms with van der Waals surface area (Å²) in [6.07, 6.45) is -2.69. The number of carboxylic acids is 2. The third-order valence-corrected chi connectivity index (χ3v) is 4.43. The van der Waals surface area contributed by atoms with Crippen LogP contribution in [0.5, 0.6) is 0 Å². The van der Waals surface area contributed by atoms with Gasteiger partial charge in [-0.1, -0.05) is 13.8 Å². The smallest absolute Gasteiger partial charge is 0.326 e. The lowest BCUT2D eigenvalue weighted by atomic mass is 10.0. The summed E-state index contributed by atoms with van der Waals surface area (Å²) in [6.45, 7) is 4.64. The van der Waals surface area contributed by atoms with Crippen molar-refractivity contribution in [2.75, 3.05) is 0 Å². The molecule has 0 fully saturated rings. The number of amides is 4. The first-order valence-electron chi connectivity index (χ1n) is 10.2. The highest BCUT2D eigenvalue weighted by atomic mass is 16.4. The summed E-state index contributed by atoms with van der Waals surface area (Å²) in [7, 11) is 0. The van der Waals surface area contributed by atoms with Crippen LogP contribution in [0.15, 0.2) is 0 Å². The molecule has 0 aliphatic rings. The average molecular weight is 475 g/mol. The molecule has 33 heavy (non-hydrogen) atoms. The van der Waals surface area contributed by atoms with Gasteiger partial charge in [0, 0.05) is 6.42 Å². The predicted octanol–water partition coefficient (Wildman–Crippen LogP) is -2.98. The molecule has 0 bridgehead atoms. The fourth-order valence-electron chi connectivity index (χ4n) is 2.71. The third kappa shape index (κ3) is 11.8. The number of hydrogen-bond acceptors (Lipinski definition) is 8. The Balaban J connectivity index is 5.42. The van der Waals surface area contributed by atoms with Crippen molar-refractivity contribution in [3.8, 4) is 0 Å². The van der Waals surface area contributed by atoms with Crippen molar-refractivity contribution in [3.05, 3.63) is 0 Å². The Hall–Kier alpha value is -3.26. The molecule has 0 rings (SSSR count). The first-order valence-corrected chi connectivity index (χ1v) is 10.2. The van der Waals surface area contributed by atoms with Gasteiger partial charge in [-0.2, -0.15) is 0 Å².